The van der Waals surface area contributed by atoms with Gasteiger partial charge in [0, 0.05) is 18.6 Å². The molecule has 0 amide bonds. The Morgan fingerprint density at radius 1 is 1.24 bits per heavy atom. The number of fused-ring (bicyclic) bond motifs is 2. The Bertz CT molecular complexity index is 430. The number of nitrogens with zero attached hydrogens (tertiary/aromatic N) is 4. The summed E-state index contributed by atoms with van der Waals surface area (Å²) < 4.78 is 5.10. The summed E-state index contributed by atoms with van der Waals surface area (Å²) in [5.41, 5.74) is 5.51. The summed E-state index contributed by atoms with van der Waals surface area (Å²) >= 11 is 0. The number of rotatable bonds is 4. The molecule has 0 aliphatic carbocycles. The monoisotopic (exact) mass is 337 g/mol. The molecule has 0 saturated carbocycles. The van der Waals surface area contributed by atoms with E-state index >= 15 is 0 Å². The second-order valence-corrected chi connectivity index (χ2v) is 5.55. The van der Waals surface area contributed by atoms with Crippen molar-refractivity contribution in [1.29, 1.82) is 0 Å². The first-order valence-electron chi connectivity index (χ1n) is 7.29. The highest BCUT2D eigenvalue weighted by Crippen LogP contribution is 2.31. The van der Waals surface area contributed by atoms with Crippen molar-refractivity contribution in [3.63, 3.8) is 0 Å². The Morgan fingerprint density at radius 3 is 2.67 bits per heavy atom. The number of halogens is 2. The van der Waals surface area contributed by atoms with Crippen molar-refractivity contribution in [2.24, 2.45) is 5.73 Å². The molecule has 3 rings (SSSR count). The molecule has 2 saturated heterocycles. The molecule has 0 spiro atoms. The molecule has 0 radical (unpaired) electrons. The maximum atomic E-state index is 5.51. The predicted octanol–water partition coefficient (Wildman–Crippen LogP) is 1.43. The second kappa shape index (κ2) is 8.29. The standard InChI is InChI=1S/C13H23N5O.2ClH/c1-2-17-6-5-10-3-4-11(8-17)18(10)9-12-15-13(7-14)19-16-12;;/h10-11H,2-9,14H2,1H3;2*1H. The first-order valence-corrected chi connectivity index (χ1v) is 7.29. The van der Waals surface area contributed by atoms with E-state index < -0.39 is 0 Å². The maximum Gasteiger partial charge on any atom is 0.240 e. The van der Waals surface area contributed by atoms with Crippen LogP contribution in [-0.2, 0) is 13.1 Å². The summed E-state index contributed by atoms with van der Waals surface area (Å²) in [6.45, 7) is 6.91. The van der Waals surface area contributed by atoms with Crippen LogP contribution in [-0.4, -0.2) is 51.7 Å². The summed E-state index contributed by atoms with van der Waals surface area (Å²) in [7, 11) is 0. The van der Waals surface area contributed by atoms with Gasteiger partial charge in [-0.15, -0.1) is 24.8 Å². The molecule has 8 heteroatoms. The zero-order valence-corrected chi connectivity index (χ0v) is 14.0. The lowest BCUT2D eigenvalue weighted by Crippen LogP contribution is -2.38. The SMILES string of the molecule is CCN1CCC2CCC(C1)N2Cc1noc(CN)n1.Cl.Cl. The number of nitrogens with two attached hydrogens (primary N) is 1. The zero-order valence-electron chi connectivity index (χ0n) is 12.4. The quantitative estimate of drug-likeness (QED) is 0.896. The molecule has 1 aromatic rings. The minimum atomic E-state index is 0. The fourth-order valence-electron chi connectivity index (χ4n) is 3.39. The van der Waals surface area contributed by atoms with Crippen LogP contribution in [0.2, 0.25) is 0 Å². The molecule has 2 bridgehead atoms. The van der Waals surface area contributed by atoms with Gasteiger partial charge in [0.25, 0.3) is 0 Å². The molecular weight excluding hydrogens is 313 g/mol. The van der Waals surface area contributed by atoms with Crippen molar-refractivity contribution in [2.75, 3.05) is 19.6 Å². The third kappa shape index (κ3) is 4.07. The van der Waals surface area contributed by atoms with Crippen molar-refractivity contribution in [3.8, 4) is 0 Å². The highest BCUT2D eigenvalue weighted by molar-refractivity contribution is 5.85. The van der Waals surface area contributed by atoms with Crippen molar-refractivity contribution in [2.45, 2.75) is 51.4 Å². The molecule has 122 valence electrons. The van der Waals surface area contributed by atoms with Crippen LogP contribution in [0.3, 0.4) is 0 Å². The summed E-state index contributed by atoms with van der Waals surface area (Å²) in [6, 6.07) is 1.33. The Balaban J connectivity index is 0.00000110. The highest BCUT2D eigenvalue weighted by Gasteiger charge is 2.37. The van der Waals surface area contributed by atoms with Gasteiger partial charge in [-0.25, -0.2) is 0 Å². The van der Waals surface area contributed by atoms with Crippen LogP contribution in [0.1, 0.15) is 37.9 Å². The number of hydrogen-bond donors (Lipinski definition) is 1. The Hall–Kier alpha value is -0.400. The topological polar surface area (TPSA) is 71.4 Å². The summed E-state index contributed by atoms with van der Waals surface area (Å²) in [6.07, 6.45) is 3.86. The van der Waals surface area contributed by atoms with Crippen LogP contribution in [0, 0.1) is 0 Å². The van der Waals surface area contributed by atoms with Gasteiger partial charge < -0.3 is 15.2 Å². The van der Waals surface area contributed by atoms with Crippen molar-refractivity contribution < 1.29 is 4.52 Å². The van der Waals surface area contributed by atoms with Gasteiger partial charge in [0.05, 0.1) is 13.1 Å². The Morgan fingerprint density at radius 2 is 2.00 bits per heavy atom. The van der Waals surface area contributed by atoms with Gasteiger partial charge in [0.15, 0.2) is 5.82 Å². The summed E-state index contributed by atoms with van der Waals surface area (Å²) in [5, 5.41) is 4.03. The molecule has 2 N–H and O–H groups in total. The average molecular weight is 338 g/mol. The Kier molecular flexibility index (Phi) is 7.36. The molecule has 2 unspecified atom stereocenters. The third-order valence-corrected chi connectivity index (χ3v) is 4.47. The molecule has 1 aromatic heterocycles. The summed E-state index contributed by atoms with van der Waals surface area (Å²) in [5.74, 6) is 1.31. The van der Waals surface area contributed by atoms with Crippen molar-refractivity contribution >= 4 is 24.8 Å². The van der Waals surface area contributed by atoms with E-state index in [0.717, 1.165) is 18.9 Å². The van der Waals surface area contributed by atoms with Gasteiger partial charge in [-0.3, -0.25) is 4.90 Å². The van der Waals surface area contributed by atoms with Crippen LogP contribution in [0.25, 0.3) is 0 Å². The molecule has 6 nitrogen and oxygen atoms in total. The average Bonchev–Trinajstić information content (AvgIpc) is 2.96. The van der Waals surface area contributed by atoms with Gasteiger partial charge in [-0.1, -0.05) is 12.1 Å². The fraction of sp³-hybridized carbons (Fsp3) is 0.846. The Labute approximate surface area is 138 Å². The van der Waals surface area contributed by atoms with Crippen LogP contribution in [0.5, 0.6) is 0 Å². The van der Waals surface area contributed by atoms with Crippen molar-refractivity contribution in [3.05, 3.63) is 11.7 Å². The van der Waals surface area contributed by atoms with Crippen LogP contribution in [0.15, 0.2) is 4.52 Å². The molecule has 21 heavy (non-hydrogen) atoms. The first-order chi connectivity index (χ1) is 9.30. The third-order valence-electron chi connectivity index (χ3n) is 4.47. The van der Waals surface area contributed by atoms with Gasteiger partial charge in [0.2, 0.25) is 5.89 Å². The minimum absolute atomic E-state index is 0. The predicted molar refractivity (Wildman–Crippen MR) is 85.8 cm³/mol. The highest BCUT2D eigenvalue weighted by atomic mass is 35.5. The first kappa shape index (κ1) is 18.6. The number of likely N-dealkylation sites (tertiary alicyclic amines) is 1. The van der Waals surface area contributed by atoms with E-state index in [1.165, 1.54) is 32.4 Å². The largest absolute Gasteiger partial charge is 0.338 e. The van der Waals surface area contributed by atoms with E-state index in [4.69, 9.17) is 10.3 Å². The number of aromatic nitrogens is 2. The normalized spacial score (nSPS) is 26.0. The van der Waals surface area contributed by atoms with Crippen LogP contribution in [0.4, 0.5) is 0 Å². The van der Waals surface area contributed by atoms with Gasteiger partial charge >= 0.3 is 0 Å². The van der Waals surface area contributed by atoms with Crippen molar-refractivity contribution in [1.82, 2.24) is 19.9 Å². The lowest BCUT2D eigenvalue weighted by Gasteiger charge is -2.27. The number of likely N-dealkylation sites (N-methyl/N-ethyl adjacent to an activating group) is 1. The van der Waals surface area contributed by atoms with E-state index in [0.29, 0.717) is 24.5 Å². The molecular formula is C13H25Cl2N5O. The molecule has 2 fully saturated rings. The van der Waals surface area contributed by atoms with Crippen LogP contribution < -0.4 is 5.73 Å². The fourth-order valence-corrected chi connectivity index (χ4v) is 3.39. The van der Waals surface area contributed by atoms with Gasteiger partial charge in [0.1, 0.15) is 0 Å². The lowest BCUT2D eigenvalue weighted by atomic mass is 10.1. The molecule has 2 aliphatic rings. The van der Waals surface area contributed by atoms with Crippen LogP contribution >= 0.6 is 24.8 Å². The number of hydrogen-bond acceptors (Lipinski definition) is 6. The smallest absolute Gasteiger partial charge is 0.240 e. The molecule has 2 aliphatic heterocycles. The van der Waals surface area contributed by atoms with E-state index in [-0.39, 0.29) is 24.8 Å². The molecule has 0 aromatic carbocycles. The molecule has 3 heterocycles. The lowest BCUT2D eigenvalue weighted by molar-refractivity contribution is 0.173. The van der Waals surface area contributed by atoms with Gasteiger partial charge in [-0.05, 0) is 32.4 Å². The van der Waals surface area contributed by atoms with E-state index in [1.807, 2.05) is 0 Å². The molecule has 2 atom stereocenters. The minimum Gasteiger partial charge on any atom is -0.338 e. The summed E-state index contributed by atoms with van der Waals surface area (Å²) in [4.78, 5) is 9.46. The van der Waals surface area contributed by atoms with E-state index in [9.17, 15) is 0 Å². The van der Waals surface area contributed by atoms with E-state index in [1.54, 1.807) is 0 Å². The van der Waals surface area contributed by atoms with Gasteiger partial charge in [-0.2, -0.15) is 4.98 Å². The second-order valence-electron chi connectivity index (χ2n) is 5.55. The maximum absolute atomic E-state index is 5.51. The van der Waals surface area contributed by atoms with E-state index in [2.05, 4.69) is 26.9 Å². The zero-order chi connectivity index (χ0) is 13.2.